The first-order valence-electron chi connectivity index (χ1n) is 7.94. The molecule has 1 fully saturated rings. The van der Waals surface area contributed by atoms with Gasteiger partial charge in [-0.05, 0) is 24.8 Å². The zero-order valence-corrected chi connectivity index (χ0v) is 12.9. The van der Waals surface area contributed by atoms with Crippen LogP contribution >= 0.6 is 0 Å². The van der Waals surface area contributed by atoms with Crippen LogP contribution in [0.3, 0.4) is 0 Å². The Bertz CT molecular complexity index is 510. The lowest BCUT2D eigenvalue weighted by molar-refractivity contribution is -0.0238. The van der Waals surface area contributed by atoms with Gasteiger partial charge in [-0.2, -0.15) is 0 Å². The summed E-state index contributed by atoms with van der Waals surface area (Å²) in [5, 5.41) is 0. The van der Waals surface area contributed by atoms with Gasteiger partial charge in [0.15, 0.2) is 0 Å². The number of hydrogen-bond acceptors (Lipinski definition) is 3. The molecule has 0 amide bonds. The van der Waals surface area contributed by atoms with Crippen molar-refractivity contribution in [2.75, 3.05) is 19.6 Å². The number of rotatable bonds is 2. The van der Waals surface area contributed by atoms with E-state index in [1.807, 2.05) is 0 Å². The van der Waals surface area contributed by atoms with Gasteiger partial charge in [0.2, 0.25) is 0 Å². The van der Waals surface area contributed by atoms with Gasteiger partial charge in [0, 0.05) is 43.7 Å². The van der Waals surface area contributed by atoms with Crippen molar-refractivity contribution in [2.45, 2.75) is 44.8 Å². The fourth-order valence-electron chi connectivity index (χ4n) is 3.65. The van der Waals surface area contributed by atoms with Gasteiger partial charge in [-0.1, -0.05) is 19.9 Å². The molecule has 1 aromatic carbocycles. The molecule has 3 rings (SSSR count). The number of nitrogens with two attached hydrogens (primary N) is 1. The highest BCUT2D eigenvalue weighted by Crippen LogP contribution is 2.43. The van der Waals surface area contributed by atoms with Gasteiger partial charge >= 0.3 is 0 Å². The Morgan fingerprint density at radius 3 is 2.76 bits per heavy atom. The van der Waals surface area contributed by atoms with E-state index in [1.54, 1.807) is 6.07 Å². The Morgan fingerprint density at radius 2 is 2.10 bits per heavy atom. The molecule has 1 unspecified atom stereocenters. The summed E-state index contributed by atoms with van der Waals surface area (Å²) in [4.78, 5) is 2.49. The molecule has 2 N–H and O–H groups in total. The highest BCUT2D eigenvalue weighted by molar-refractivity contribution is 5.39. The van der Waals surface area contributed by atoms with Crippen LogP contribution in [-0.2, 0) is 0 Å². The van der Waals surface area contributed by atoms with Gasteiger partial charge in [0.1, 0.15) is 17.2 Å². The van der Waals surface area contributed by atoms with E-state index in [0.29, 0.717) is 11.7 Å². The minimum absolute atomic E-state index is 0.0500. The summed E-state index contributed by atoms with van der Waals surface area (Å²) in [5.74, 6) is 1.07. The van der Waals surface area contributed by atoms with Gasteiger partial charge in [-0.3, -0.25) is 0 Å². The maximum Gasteiger partial charge on any atom is 0.127 e. The Morgan fingerprint density at radius 1 is 1.38 bits per heavy atom. The van der Waals surface area contributed by atoms with Crippen LogP contribution in [-0.4, -0.2) is 30.1 Å². The van der Waals surface area contributed by atoms with Gasteiger partial charge in [-0.25, -0.2) is 4.39 Å². The predicted octanol–water partition coefficient (Wildman–Crippen LogP) is 3.10. The zero-order chi connectivity index (χ0) is 15.0. The van der Waals surface area contributed by atoms with Gasteiger partial charge in [0.05, 0.1) is 0 Å². The second-order valence-electron chi connectivity index (χ2n) is 6.97. The molecule has 2 aliphatic heterocycles. The molecule has 116 valence electrons. The van der Waals surface area contributed by atoms with Crippen LogP contribution in [0.2, 0.25) is 0 Å². The summed E-state index contributed by atoms with van der Waals surface area (Å²) in [7, 11) is 0. The summed E-state index contributed by atoms with van der Waals surface area (Å²) in [5.41, 5.74) is 7.04. The van der Waals surface area contributed by atoms with Crippen molar-refractivity contribution in [1.82, 2.24) is 4.90 Å². The van der Waals surface area contributed by atoms with E-state index in [1.165, 1.54) is 12.1 Å². The van der Waals surface area contributed by atoms with Crippen molar-refractivity contribution < 1.29 is 9.13 Å². The first-order chi connectivity index (χ1) is 9.97. The average Bonchev–Trinajstić information content (AvgIpc) is 2.40. The van der Waals surface area contributed by atoms with Crippen molar-refractivity contribution >= 4 is 0 Å². The largest absolute Gasteiger partial charge is 0.487 e. The quantitative estimate of drug-likeness (QED) is 0.910. The van der Waals surface area contributed by atoms with Crippen LogP contribution in [0.4, 0.5) is 4.39 Å². The second kappa shape index (κ2) is 5.58. The molecule has 1 saturated heterocycles. The summed E-state index contributed by atoms with van der Waals surface area (Å²) >= 11 is 0. The third-order valence-corrected chi connectivity index (χ3v) is 4.68. The summed E-state index contributed by atoms with van der Waals surface area (Å²) in [6, 6.07) is 4.66. The number of benzene rings is 1. The number of halogens is 1. The van der Waals surface area contributed by atoms with E-state index in [4.69, 9.17) is 10.5 Å². The lowest BCUT2D eigenvalue weighted by Crippen LogP contribution is -2.51. The molecule has 1 aromatic rings. The molecule has 1 atom stereocenters. The molecule has 2 heterocycles. The number of hydrogen-bond donors (Lipinski definition) is 1. The van der Waals surface area contributed by atoms with Gasteiger partial charge in [0.25, 0.3) is 0 Å². The normalized spacial score (nSPS) is 24.9. The number of likely N-dealkylation sites (tertiary alicyclic amines) is 1. The van der Waals surface area contributed by atoms with E-state index in [-0.39, 0.29) is 17.5 Å². The van der Waals surface area contributed by atoms with Gasteiger partial charge in [-0.15, -0.1) is 0 Å². The molecule has 0 aliphatic carbocycles. The van der Waals surface area contributed by atoms with Crippen LogP contribution in [0.5, 0.6) is 5.75 Å². The number of ether oxygens (including phenoxy) is 1. The Balaban J connectivity index is 1.74. The van der Waals surface area contributed by atoms with Crippen LogP contribution in [0.15, 0.2) is 18.2 Å². The average molecular weight is 292 g/mol. The number of nitrogens with zero attached hydrogens (tertiary/aromatic N) is 1. The summed E-state index contributed by atoms with van der Waals surface area (Å²) in [6.45, 7) is 7.70. The first kappa shape index (κ1) is 14.8. The number of piperidine rings is 1. The SMILES string of the molecule is CC(C)CN1CCC2(CC1)CC(N)c1ccc(F)cc1O2. The molecule has 4 heteroatoms. The van der Waals surface area contributed by atoms with Crippen LogP contribution in [0.1, 0.15) is 44.7 Å². The molecule has 1 spiro atoms. The monoisotopic (exact) mass is 292 g/mol. The van der Waals surface area contributed by atoms with Crippen LogP contribution in [0, 0.1) is 11.7 Å². The highest BCUT2D eigenvalue weighted by atomic mass is 19.1. The fraction of sp³-hybridized carbons (Fsp3) is 0.647. The van der Waals surface area contributed by atoms with E-state index in [9.17, 15) is 4.39 Å². The van der Waals surface area contributed by atoms with Crippen molar-refractivity contribution in [1.29, 1.82) is 0 Å². The second-order valence-corrected chi connectivity index (χ2v) is 6.97. The third-order valence-electron chi connectivity index (χ3n) is 4.68. The number of fused-ring (bicyclic) bond motifs is 1. The summed E-state index contributed by atoms with van der Waals surface area (Å²) < 4.78 is 19.7. The van der Waals surface area contributed by atoms with E-state index in [2.05, 4.69) is 18.7 Å². The molecule has 3 nitrogen and oxygen atoms in total. The topological polar surface area (TPSA) is 38.5 Å². The maximum absolute atomic E-state index is 13.5. The minimum atomic E-state index is -0.254. The highest BCUT2D eigenvalue weighted by Gasteiger charge is 2.42. The summed E-state index contributed by atoms with van der Waals surface area (Å²) in [6.07, 6.45) is 2.79. The molecular formula is C17H25FN2O. The molecular weight excluding hydrogens is 267 g/mol. The van der Waals surface area contributed by atoms with Crippen molar-refractivity contribution in [2.24, 2.45) is 11.7 Å². The van der Waals surface area contributed by atoms with Crippen LogP contribution < -0.4 is 10.5 Å². The van der Waals surface area contributed by atoms with E-state index >= 15 is 0 Å². The smallest absolute Gasteiger partial charge is 0.127 e. The van der Waals surface area contributed by atoms with Crippen molar-refractivity contribution in [3.8, 4) is 5.75 Å². The standard InChI is InChI=1S/C17H25FN2O/c1-12(2)11-20-7-5-17(6-8-20)10-15(19)14-4-3-13(18)9-16(14)21-17/h3-4,9,12,15H,5-8,10-11,19H2,1-2H3. The lowest BCUT2D eigenvalue weighted by Gasteiger charge is -2.46. The van der Waals surface area contributed by atoms with Crippen molar-refractivity contribution in [3.63, 3.8) is 0 Å². The fourth-order valence-corrected chi connectivity index (χ4v) is 3.65. The predicted molar refractivity (Wildman–Crippen MR) is 81.8 cm³/mol. The molecule has 2 aliphatic rings. The molecule has 0 saturated carbocycles. The lowest BCUT2D eigenvalue weighted by atomic mass is 9.81. The molecule has 0 aromatic heterocycles. The molecule has 21 heavy (non-hydrogen) atoms. The third kappa shape index (κ3) is 3.06. The minimum Gasteiger partial charge on any atom is -0.487 e. The zero-order valence-electron chi connectivity index (χ0n) is 12.9. The maximum atomic E-state index is 13.5. The van der Waals surface area contributed by atoms with E-state index < -0.39 is 0 Å². The Kier molecular flexibility index (Phi) is 3.93. The van der Waals surface area contributed by atoms with Gasteiger partial charge < -0.3 is 15.4 Å². The molecule has 0 radical (unpaired) electrons. The Labute approximate surface area is 126 Å². The molecule has 0 bridgehead atoms. The first-order valence-corrected chi connectivity index (χ1v) is 7.94. The van der Waals surface area contributed by atoms with Crippen molar-refractivity contribution in [3.05, 3.63) is 29.6 Å². The Hall–Kier alpha value is -1.13. The van der Waals surface area contributed by atoms with E-state index in [0.717, 1.165) is 44.5 Å². The van der Waals surface area contributed by atoms with Crippen LogP contribution in [0.25, 0.3) is 0 Å².